The van der Waals surface area contributed by atoms with E-state index in [2.05, 4.69) is 11.0 Å². The number of benzene rings is 1. The largest absolute Gasteiger partial charge is 0.493 e. The smallest absolute Gasteiger partial charge is 0.248 e. The van der Waals surface area contributed by atoms with E-state index in [-0.39, 0.29) is 12.5 Å². The van der Waals surface area contributed by atoms with Crippen molar-refractivity contribution in [3.8, 4) is 11.5 Å². The summed E-state index contributed by atoms with van der Waals surface area (Å²) in [6, 6.07) is 5.94. The van der Waals surface area contributed by atoms with Crippen LogP contribution in [0.3, 0.4) is 0 Å². The molecule has 0 bridgehead atoms. The number of hydrogen-bond donors (Lipinski definition) is 0. The second-order valence-electron chi connectivity index (χ2n) is 6.41. The van der Waals surface area contributed by atoms with Crippen LogP contribution in [0, 0.1) is 0 Å². The first-order chi connectivity index (χ1) is 12.2. The van der Waals surface area contributed by atoms with Gasteiger partial charge in [-0.25, -0.2) is 0 Å². The second kappa shape index (κ2) is 8.36. The fourth-order valence-electron chi connectivity index (χ4n) is 3.36. The average molecular weight is 346 g/mol. The maximum atomic E-state index is 12.0. The van der Waals surface area contributed by atoms with E-state index < -0.39 is 0 Å². The number of amides is 1. The minimum absolute atomic E-state index is 0.0746. The molecule has 2 aliphatic rings. The molecule has 0 aliphatic carbocycles. The molecule has 0 unspecified atom stereocenters. The molecule has 6 heteroatoms. The number of fused-ring (bicyclic) bond motifs is 1. The van der Waals surface area contributed by atoms with E-state index >= 15 is 0 Å². The fourth-order valence-corrected chi connectivity index (χ4v) is 3.36. The lowest BCUT2D eigenvalue weighted by molar-refractivity contribution is -0.135. The zero-order valence-electron chi connectivity index (χ0n) is 15.0. The van der Waals surface area contributed by atoms with Gasteiger partial charge in [-0.2, -0.15) is 0 Å². The Kier molecular flexibility index (Phi) is 5.94. The molecule has 0 radical (unpaired) electrons. The molecule has 1 aromatic carbocycles. The number of hydrogen-bond acceptors (Lipinski definition) is 5. The van der Waals surface area contributed by atoms with Gasteiger partial charge in [-0.15, -0.1) is 0 Å². The highest BCUT2D eigenvalue weighted by Crippen LogP contribution is 2.35. The summed E-state index contributed by atoms with van der Waals surface area (Å²) in [5, 5.41) is 0. The van der Waals surface area contributed by atoms with E-state index in [4.69, 9.17) is 14.2 Å². The lowest BCUT2D eigenvalue weighted by Gasteiger charge is -2.25. The van der Waals surface area contributed by atoms with Crippen LogP contribution in [-0.2, 0) is 9.53 Å². The monoisotopic (exact) mass is 346 g/mol. The Balaban J connectivity index is 1.61. The zero-order valence-corrected chi connectivity index (χ0v) is 15.0. The third kappa shape index (κ3) is 4.32. The van der Waals surface area contributed by atoms with Gasteiger partial charge in [0.05, 0.1) is 7.11 Å². The van der Waals surface area contributed by atoms with E-state index in [1.807, 2.05) is 23.1 Å². The minimum Gasteiger partial charge on any atom is -0.493 e. The molecule has 3 rings (SSSR count). The zero-order chi connectivity index (χ0) is 17.6. The van der Waals surface area contributed by atoms with E-state index in [1.165, 1.54) is 5.57 Å². The van der Waals surface area contributed by atoms with Crippen molar-refractivity contribution in [2.45, 2.75) is 6.42 Å². The summed E-state index contributed by atoms with van der Waals surface area (Å²) in [4.78, 5) is 16.3. The number of methoxy groups -OCH3 is 2. The molecule has 1 amide bonds. The van der Waals surface area contributed by atoms with Gasteiger partial charge in [-0.3, -0.25) is 9.69 Å². The van der Waals surface area contributed by atoms with Crippen molar-refractivity contribution < 1.29 is 19.0 Å². The highest BCUT2D eigenvalue weighted by atomic mass is 16.5. The summed E-state index contributed by atoms with van der Waals surface area (Å²) in [6.45, 7) is 5.02. The maximum Gasteiger partial charge on any atom is 0.248 e. The van der Waals surface area contributed by atoms with Crippen molar-refractivity contribution in [1.29, 1.82) is 0 Å². The first-order valence-electron chi connectivity index (χ1n) is 8.69. The number of ether oxygens (including phenoxy) is 3. The van der Waals surface area contributed by atoms with E-state index in [9.17, 15) is 4.79 Å². The number of carbonyl (C=O) groups excluding carboxylic acids is 1. The molecule has 6 nitrogen and oxygen atoms in total. The number of rotatable bonds is 5. The molecule has 0 spiro atoms. The molecule has 0 N–H and O–H groups in total. The second-order valence-corrected chi connectivity index (χ2v) is 6.41. The highest BCUT2D eigenvalue weighted by Gasteiger charge is 2.21. The van der Waals surface area contributed by atoms with Gasteiger partial charge in [0.15, 0.2) is 11.5 Å². The first-order valence-corrected chi connectivity index (χ1v) is 8.69. The standard InChI is InChI=1S/C19H26N2O4/c1-23-14-18(22)21-8-4-7-20(9-10-21)12-15-11-16-5-3-6-17(24-2)19(16)25-13-15/h3,5-6,11H,4,7-10,12-14H2,1-2H3. The van der Waals surface area contributed by atoms with Crippen LogP contribution in [0.15, 0.2) is 23.8 Å². The van der Waals surface area contributed by atoms with Crippen LogP contribution >= 0.6 is 0 Å². The molecule has 0 aromatic heterocycles. The van der Waals surface area contributed by atoms with Gasteiger partial charge < -0.3 is 19.1 Å². The topological polar surface area (TPSA) is 51.2 Å². The Morgan fingerprint density at radius 1 is 1.20 bits per heavy atom. The van der Waals surface area contributed by atoms with Gasteiger partial charge in [0.2, 0.25) is 5.91 Å². The van der Waals surface area contributed by atoms with Crippen LogP contribution in [0.25, 0.3) is 6.08 Å². The Labute approximate surface area is 148 Å². The Bertz CT molecular complexity index is 644. The van der Waals surface area contributed by atoms with Crippen molar-refractivity contribution in [2.75, 3.05) is 60.2 Å². The Morgan fingerprint density at radius 3 is 2.88 bits per heavy atom. The molecule has 25 heavy (non-hydrogen) atoms. The molecular weight excluding hydrogens is 320 g/mol. The van der Waals surface area contributed by atoms with Crippen LogP contribution in [-0.4, -0.2) is 75.9 Å². The Morgan fingerprint density at radius 2 is 2.08 bits per heavy atom. The number of carbonyl (C=O) groups is 1. The van der Waals surface area contributed by atoms with Crippen molar-refractivity contribution in [2.24, 2.45) is 0 Å². The van der Waals surface area contributed by atoms with Gasteiger partial charge in [0, 0.05) is 45.4 Å². The van der Waals surface area contributed by atoms with E-state index in [0.717, 1.165) is 56.2 Å². The lowest BCUT2D eigenvalue weighted by Crippen LogP contribution is -2.37. The van der Waals surface area contributed by atoms with E-state index in [0.29, 0.717) is 6.61 Å². The van der Waals surface area contributed by atoms with Crippen LogP contribution in [0.5, 0.6) is 11.5 Å². The number of para-hydroxylation sites is 1. The molecular formula is C19H26N2O4. The summed E-state index contributed by atoms with van der Waals surface area (Å²) in [6.07, 6.45) is 3.17. The van der Waals surface area contributed by atoms with Crippen LogP contribution < -0.4 is 9.47 Å². The van der Waals surface area contributed by atoms with Crippen molar-refractivity contribution in [3.05, 3.63) is 29.3 Å². The maximum absolute atomic E-state index is 12.0. The van der Waals surface area contributed by atoms with Gasteiger partial charge >= 0.3 is 0 Å². The lowest BCUT2D eigenvalue weighted by atomic mass is 10.1. The molecule has 0 atom stereocenters. The fraction of sp³-hybridized carbons (Fsp3) is 0.526. The predicted molar refractivity (Wildman–Crippen MR) is 96.0 cm³/mol. The van der Waals surface area contributed by atoms with Gasteiger partial charge in [0.1, 0.15) is 13.2 Å². The molecule has 2 heterocycles. The van der Waals surface area contributed by atoms with Gasteiger partial charge in [-0.1, -0.05) is 12.1 Å². The van der Waals surface area contributed by atoms with E-state index in [1.54, 1.807) is 14.2 Å². The molecule has 1 aromatic rings. The molecule has 2 aliphatic heterocycles. The van der Waals surface area contributed by atoms with Crippen LogP contribution in [0.4, 0.5) is 0 Å². The molecule has 0 saturated carbocycles. The third-order valence-corrected chi connectivity index (χ3v) is 4.63. The predicted octanol–water partition coefficient (Wildman–Crippen LogP) is 1.65. The number of nitrogens with zero attached hydrogens (tertiary/aromatic N) is 2. The quantitative estimate of drug-likeness (QED) is 0.811. The van der Waals surface area contributed by atoms with Gasteiger partial charge in [0.25, 0.3) is 0 Å². The Hall–Kier alpha value is -2.05. The summed E-state index contributed by atoms with van der Waals surface area (Å²) in [5.74, 6) is 1.67. The van der Waals surface area contributed by atoms with Crippen LogP contribution in [0.1, 0.15) is 12.0 Å². The SMILES string of the molecule is COCC(=O)N1CCCN(CC2=Cc3cccc(OC)c3OC2)CC1. The summed E-state index contributed by atoms with van der Waals surface area (Å²) < 4.78 is 16.2. The van der Waals surface area contributed by atoms with Crippen molar-refractivity contribution >= 4 is 12.0 Å². The summed E-state index contributed by atoms with van der Waals surface area (Å²) in [7, 11) is 3.22. The average Bonchev–Trinajstić information content (AvgIpc) is 2.87. The molecule has 136 valence electrons. The van der Waals surface area contributed by atoms with Gasteiger partial charge in [-0.05, 0) is 24.1 Å². The summed E-state index contributed by atoms with van der Waals surface area (Å²) >= 11 is 0. The van der Waals surface area contributed by atoms with Crippen molar-refractivity contribution in [3.63, 3.8) is 0 Å². The van der Waals surface area contributed by atoms with Crippen molar-refractivity contribution in [1.82, 2.24) is 9.80 Å². The molecule has 1 saturated heterocycles. The third-order valence-electron chi connectivity index (χ3n) is 4.63. The van der Waals surface area contributed by atoms with Crippen LogP contribution in [0.2, 0.25) is 0 Å². The normalized spacial score (nSPS) is 18.0. The molecule has 1 fully saturated rings. The first kappa shape index (κ1) is 17.8. The minimum atomic E-state index is 0.0746. The summed E-state index contributed by atoms with van der Waals surface area (Å²) in [5.41, 5.74) is 2.31. The highest BCUT2D eigenvalue weighted by molar-refractivity contribution is 5.77.